The third-order valence-corrected chi connectivity index (χ3v) is 8.90. The van der Waals surface area contributed by atoms with Crippen LogP contribution in [0.1, 0.15) is 98.4 Å². The number of aromatic nitrogens is 4. The molecule has 5 rings (SSSR count). The van der Waals surface area contributed by atoms with Gasteiger partial charge in [-0.2, -0.15) is 0 Å². The quantitative estimate of drug-likeness (QED) is 0.234. The summed E-state index contributed by atoms with van der Waals surface area (Å²) in [6, 6.07) is 8.32. The molecule has 0 unspecified atom stereocenters. The Morgan fingerprint density at radius 3 is 1.65 bits per heavy atom. The molecule has 224 valence electrons. The lowest BCUT2D eigenvalue weighted by atomic mass is 9.98. The van der Waals surface area contributed by atoms with E-state index in [1.807, 2.05) is 19.9 Å². The average molecular weight is 581 g/mol. The van der Waals surface area contributed by atoms with Crippen molar-refractivity contribution in [1.82, 2.24) is 19.9 Å². The summed E-state index contributed by atoms with van der Waals surface area (Å²) in [6.45, 7) is 12.7. The molecule has 3 N–H and O–H groups in total. The number of nitrogens with zero attached hydrogens (tertiary/aromatic N) is 2. The minimum absolute atomic E-state index is 0.00338. The number of esters is 1. The van der Waals surface area contributed by atoms with Crippen molar-refractivity contribution in [2.45, 2.75) is 80.1 Å². The molecule has 5 heterocycles. The lowest BCUT2D eigenvalue weighted by molar-refractivity contribution is -0.140. The van der Waals surface area contributed by atoms with Crippen LogP contribution in [0, 0.1) is 13.8 Å². The number of carbonyl (C=O) groups is 2. The second-order valence-electron chi connectivity index (χ2n) is 11.3. The maximum atomic E-state index is 12.1. The summed E-state index contributed by atoms with van der Waals surface area (Å²) in [5.74, 6) is -1.13. The topological polar surface area (TPSA) is 121 Å². The summed E-state index contributed by atoms with van der Waals surface area (Å²) in [4.78, 5) is 41.1. The zero-order valence-corrected chi connectivity index (χ0v) is 26.1. The van der Waals surface area contributed by atoms with Gasteiger partial charge in [-0.25, -0.2) is 9.97 Å². The van der Waals surface area contributed by atoms with Gasteiger partial charge in [0.15, 0.2) is 0 Å². The van der Waals surface area contributed by atoms with Gasteiger partial charge in [0, 0.05) is 34.9 Å². The van der Waals surface area contributed by atoms with Gasteiger partial charge in [-0.15, -0.1) is 0 Å². The summed E-state index contributed by atoms with van der Waals surface area (Å²) >= 11 is 0. The molecule has 8 bridgehead atoms. The Kier molecular flexibility index (Phi) is 8.40. The highest BCUT2D eigenvalue weighted by Gasteiger charge is 2.23. The number of carbonyl (C=O) groups excluding carboxylic acids is 1. The molecule has 0 saturated heterocycles. The molecule has 0 spiro atoms. The summed E-state index contributed by atoms with van der Waals surface area (Å²) in [6.07, 6.45) is 2.81. The first kappa shape index (κ1) is 30.0. The van der Waals surface area contributed by atoms with Gasteiger partial charge in [-0.1, -0.05) is 13.8 Å². The molecule has 43 heavy (non-hydrogen) atoms. The van der Waals surface area contributed by atoms with E-state index < -0.39 is 5.97 Å². The van der Waals surface area contributed by atoms with Crippen LogP contribution in [0.15, 0.2) is 24.3 Å². The van der Waals surface area contributed by atoms with E-state index in [0.29, 0.717) is 18.5 Å². The fraction of sp³-hybridized carbons (Fsp3) is 0.371. The number of carboxylic acid groups (broad SMARTS) is 1. The molecule has 0 aromatic carbocycles. The van der Waals surface area contributed by atoms with E-state index in [1.165, 1.54) is 29.4 Å². The third-order valence-electron chi connectivity index (χ3n) is 8.90. The molecule has 3 aromatic rings. The Bertz CT molecular complexity index is 1870. The number of allylic oxidation sites excluding steroid dienone is 4. The number of nitrogens with one attached hydrogen (secondary N) is 2. The Labute approximate surface area is 252 Å². The van der Waals surface area contributed by atoms with Crippen molar-refractivity contribution in [2.75, 3.05) is 7.11 Å². The number of ether oxygens (including phenoxy) is 1. The van der Waals surface area contributed by atoms with Crippen LogP contribution in [0.2, 0.25) is 0 Å². The van der Waals surface area contributed by atoms with Crippen LogP contribution in [-0.4, -0.2) is 44.1 Å². The van der Waals surface area contributed by atoms with E-state index in [0.717, 1.165) is 74.3 Å². The van der Waals surface area contributed by atoms with Gasteiger partial charge >= 0.3 is 11.9 Å². The van der Waals surface area contributed by atoms with Gasteiger partial charge in [-0.05, 0) is 122 Å². The largest absolute Gasteiger partial charge is 0.481 e. The van der Waals surface area contributed by atoms with Gasteiger partial charge in [-0.3, -0.25) is 9.59 Å². The fourth-order valence-electron chi connectivity index (χ4n) is 6.32. The number of aromatic amines is 2. The van der Waals surface area contributed by atoms with Gasteiger partial charge in [0.05, 0.1) is 29.9 Å². The van der Waals surface area contributed by atoms with Crippen molar-refractivity contribution < 1.29 is 19.4 Å². The molecule has 0 radical (unpaired) electrons. The van der Waals surface area contributed by atoms with Crippen molar-refractivity contribution in [3.8, 4) is 0 Å². The maximum Gasteiger partial charge on any atom is 0.305 e. The van der Waals surface area contributed by atoms with Gasteiger partial charge in [0.1, 0.15) is 0 Å². The number of aryl methyl sites for hydroxylation is 4. The van der Waals surface area contributed by atoms with Crippen LogP contribution in [0.3, 0.4) is 0 Å². The molecule has 3 aromatic heterocycles. The first-order valence-electron chi connectivity index (χ1n) is 15.0. The first-order chi connectivity index (χ1) is 20.6. The second kappa shape index (κ2) is 12.0. The van der Waals surface area contributed by atoms with Crippen LogP contribution in [0.5, 0.6) is 0 Å². The van der Waals surface area contributed by atoms with E-state index in [9.17, 15) is 14.7 Å². The predicted molar refractivity (Wildman–Crippen MR) is 172 cm³/mol. The molecule has 0 atom stereocenters. The molecule has 0 fully saturated rings. The minimum atomic E-state index is -0.853. The van der Waals surface area contributed by atoms with E-state index in [4.69, 9.17) is 14.7 Å². The van der Waals surface area contributed by atoms with E-state index in [2.05, 4.69) is 55.9 Å². The standard InChI is InChI=1S/C35H40N4O4/c1-8-22-18(3)26-14-27-21(6)25(11-13-35(42)43-7)33(38-27)17-32-24(10-12-34(40)41)20(5)29(39-32)16-31-23(9-2)19(4)28(37-31)15-30(22)36-26/h14-17,36-37H,8-13H2,1-7H3,(H,40,41). The van der Waals surface area contributed by atoms with E-state index in [-0.39, 0.29) is 18.8 Å². The van der Waals surface area contributed by atoms with Gasteiger partial charge in [0.2, 0.25) is 0 Å². The fourth-order valence-corrected chi connectivity index (χ4v) is 6.32. The number of hydrogen-bond acceptors (Lipinski definition) is 5. The van der Waals surface area contributed by atoms with Crippen molar-refractivity contribution in [3.63, 3.8) is 0 Å². The lowest BCUT2D eigenvalue weighted by Gasteiger charge is -2.05. The highest BCUT2D eigenvalue weighted by Crippen LogP contribution is 2.38. The van der Waals surface area contributed by atoms with E-state index in [1.54, 1.807) is 0 Å². The van der Waals surface area contributed by atoms with Crippen LogP contribution < -0.4 is 0 Å². The Hall–Kier alpha value is -4.46. The molecular weight excluding hydrogens is 540 g/mol. The van der Waals surface area contributed by atoms with Crippen molar-refractivity contribution >= 4 is 56.3 Å². The number of methoxy groups -OCH3 is 1. The number of aliphatic carboxylic acids is 1. The average Bonchev–Trinajstić information content (AvgIpc) is 3.63. The number of rotatable bonds is 8. The van der Waals surface area contributed by atoms with E-state index >= 15 is 0 Å². The molecule has 8 heteroatoms. The van der Waals surface area contributed by atoms with Crippen molar-refractivity contribution in [2.24, 2.45) is 0 Å². The maximum absolute atomic E-state index is 12.1. The van der Waals surface area contributed by atoms with Crippen molar-refractivity contribution in [3.05, 3.63) is 69.3 Å². The predicted octanol–water partition coefficient (Wildman–Crippen LogP) is 7.74. The summed E-state index contributed by atoms with van der Waals surface area (Å²) in [7, 11) is 1.40. The Morgan fingerprint density at radius 2 is 1.16 bits per heavy atom. The molecule has 0 amide bonds. The second-order valence-corrected chi connectivity index (χ2v) is 11.3. The molecule has 8 nitrogen and oxygen atoms in total. The van der Waals surface area contributed by atoms with Crippen LogP contribution in [0.4, 0.5) is 0 Å². The third kappa shape index (κ3) is 5.66. The lowest BCUT2D eigenvalue weighted by Crippen LogP contribution is -2.00. The Morgan fingerprint density at radius 1 is 0.698 bits per heavy atom. The highest BCUT2D eigenvalue weighted by molar-refractivity contribution is 5.96. The molecule has 0 saturated carbocycles. The first-order valence-corrected chi connectivity index (χ1v) is 15.0. The smallest absolute Gasteiger partial charge is 0.305 e. The zero-order valence-electron chi connectivity index (χ0n) is 26.1. The van der Waals surface area contributed by atoms with Gasteiger partial charge < -0.3 is 19.8 Å². The minimum Gasteiger partial charge on any atom is -0.481 e. The highest BCUT2D eigenvalue weighted by atomic mass is 16.5. The van der Waals surface area contributed by atoms with Crippen LogP contribution in [0.25, 0.3) is 44.4 Å². The monoisotopic (exact) mass is 580 g/mol. The summed E-state index contributed by atoms with van der Waals surface area (Å²) in [5, 5.41) is 9.50. The normalized spacial score (nSPS) is 13.2. The number of fused-ring (bicyclic) bond motifs is 8. The Balaban J connectivity index is 1.90. The van der Waals surface area contributed by atoms with Crippen molar-refractivity contribution in [1.29, 1.82) is 0 Å². The van der Waals surface area contributed by atoms with Crippen LogP contribution >= 0.6 is 0 Å². The molecule has 0 aliphatic carbocycles. The molecule has 2 aliphatic rings. The summed E-state index contributed by atoms with van der Waals surface area (Å²) in [5.41, 5.74) is 15.9. The molecular formula is C35H40N4O4. The number of H-pyrrole nitrogens is 2. The SMILES string of the molecule is CCc1c(C)c2cc3[nH]c(cc4nc(cc5nc(cc1[nH]2)C(C)=C5CCC(=O)O)C(CCC(=O)OC)=C4C)c(C)c3CC. The molecule has 2 aliphatic heterocycles. The van der Waals surface area contributed by atoms with Gasteiger partial charge in [0.25, 0.3) is 0 Å². The zero-order chi connectivity index (χ0) is 31.0. The number of carboxylic acids is 1. The van der Waals surface area contributed by atoms with Crippen LogP contribution in [-0.2, 0) is 27.2 Å². The number of hydrogen-bond donors (Lipinski definition) is 3. The summed E-state index contributed by atoms with van der Waals surface area (Å²) < 4.78 is 4.93.